The molecule has 0 atom stereocenters. The summed E-state index contributed by atoms with van der Waals surface area (Å²) in [6.07, 6.45) is 10.9. The first-order valence-electron chi connectivity index (χ1n) is 8.86. The van der Waals surface area contributed by atoms with Gasteiger partial charge in [0.1, 0.15) is 5.82 Å². The molecule has 132 valence electrons. The van der Waals surface area contributed by atoms with Crippen LogP contribution >= 0.6 is 0 Å². The lowest BCUT2D eigenvalue weighted by Gasteiger charge is -2.11. The summed E-state index contributed by atoms with van der Waals surface area (Å²) >= 11 is 0. The fraction of sp³-hybridized carbons (Fsp3) is 0.529. The molecule has 2 aliphatic rings. The van der Waals surface area contributed by atoms with Gasteiger partial charge in [0.15, 0.2) is 0 Å². The number of nitrogens with zero attached hydrogens (tertiary/aromatic N) is 4. The normalized spacial score (nSPS) is 16.6. The van der Waals surface area contributed by atoms with Crippen LogP contribution < -0.4 is 16.4 Å². The van der Waals surface area contributed by atoms with Crippen LogP contribution in [0.15, 0.2) is 18.6 Å². The molecule has 8 nitrogen and oxygen atoms in total. The van der Waals surface area contributed by atoms with Crippen LogP contribution in [-0.2, 0) is 11.3 Å². The molecule has 0 aromatic carbocycles. The molecular weight excluding hydrogens is 318 g/mol. The molecular formula is C17H23N7O. The molecule has 0 saturated heterocycles. The molecule has 8 heteroatoms. The zero-order valence-electron chi connectivity index (χ0n) is 14.1. The molecule has 4 rings (SSSR count). The number of carbonyl (C=O) groups excluding carboxylic acids is 1. The highest BCUT2D eigenvalue weighted by Gasteiger charge is 2.27. The molecule has 2 heterocycles. The number of nitrogens with one attached hydrogen (secondary N) is 2. The van der Waals surface area contributed by atoms with Gasteiger partial charge in [-0.3, -0.25) is 9.48 Å². The van der Waals surface area contributed by atoms with Gasteiger partial charge in [0.25, 0.3) is 0 Å². The largest absolute Gasteiger partial charge is 0.370 e. The minimum absolute atomic E-state index is 0.283. The Morgan fingerprint density at radius 3 is 2.84 bits per heavy atom. The molecule has 0 spiro atoms. The van der Waals surface area contributed by atoms with E-state index in [1.165, 1.54) is 12.8 Å². The van der Waals surface area contributed by atoms with Crippen LogP contribution in [0, 0.1) is 5.92 Å². The number of hydrogen-bond donors (Lipinski definition) is 3. The van der Waals surface area contributed by atoms with E-state index in [0.717, 1.165) is 42.4 Å². The molecule has 25 heavy (non-hydrogen) atoms. The first kappa shape index (κ1) is 15.9. The predicted octanol–water partition coefficient (Wildman–Crippen LogP) is 1.99. The van der Waals surface area contributed by atoms with E-state index in [4.69, 9.17) is 5.73 Å². The monoisotopic (exact) mass is 341 g/mol. The molecule has 2 aliphatic carbocycles. The van der Waals surface area contributed by atoms with E-state index in [1.54, 1.807) is 6.20 Å². The van der Waals surface area contributed by atoms with Crippen molar-refractivity contribution in [2.75, 3.05) is 17.2 Å². The van der Waals surface area contributed by atoms with Crippen molar-refractivity contribution in [2.24, 2.45) is 11.7 Å². The highest BCUT2D eigenvalue weighted by Crippen LogP contribution is 2.42. The fourth-order valence-electron chi connectivity index (χ4n) is 2.81. The Morgan fingerprint density at radius 1 is 1.28 bits per heavy atom. The lowest BCUT2D eigenvalue weighted by molar-refractivity contribution is -0.117. The van der Waals surface area contributed by atoms with Crippen LogP contribution in [-0.4, -0.2) is 32.2 Å². The highest BCUT2D eigenvalue weighted by atomic mass is 16.1. The van der Waals surface area contributed by atoms with E-state index in [0.29, 0.717) is 18.4 Å². The van der Waals surface area contributed by atoms with Crippen molar-refractivity contribution in [1.82, 2.24) is 19.7 Å². The van der Waals surface area contributed by atoms with Crippen molar-refractivity contribution >= 4 is 23.4 Å². The molecule has 4 N–H and O–H groups in total. The molecule has 2 saturated carbocycles. The molecule has 0 radical (unpaired) electrons. The third kappa shape index (κ3) is 4.26. The van der Waals surface area contributed by atoms with Crippen molar-refractivity contribution in [3.05, 3.63) is 24.2 Å². The van der Waals surface area contributed by atoms with Gasteiger partial charge in [-0.15, -0.1) is 0 Å². The molecule has 2 aromatic heterocycles. The summed E-state index contributed by atoms with van der Waals surface area (Å²) in [4.78, 5) is 20.0. The minimum Gasteiger partial charge on any atom is -0.370 e. The van der Waals surface area contributed by atoms with E-state index < -0.39 is 0 Å². The summed E-state index contributed by atoms with van der Waals surface area (Å²) in [7, 11) is 0. The molecule has 0 bridgehead atoms. The van der Waals surface area contributed by atoms with E-state index in [1.807, 2.05) is 17.1 Å². The SMILES string of the molecule is NC(=O)CCNc1nc(Nc2cnn(CC3CC3)c2)ncc1C1CC1. The van der Waals surface area contributed by atoms with Crippen molar-refractivity contribution in [3.63, 3.8) is 0 Å². The van der Waals surface area contributed by atoms with Gasteiger partial charge in [-0.1, -0.05) is 0 Å². The van der Waals surface area contributed by atoms with Crippen LogP contribution in [0.4, 0.5) is 17.5 Å². The molecule has 1 amide bonds. The second-order valence-corrected chi connectivity index (χ2v) is 6.93. The number of aromatic nitrogens is 4. The number of rotatable bonds is 9. The third-order valence-electron chi connectivity index (χ3n) is 4.53. The smallest absolute Gasteiger partial charge is 0.229 e. The van der Waals surface area contributed by atoms with Crippen molar-refractivity contribution in [2.45, 2.75) is 44.6 Å². The summed E-state index contributed by atoms with van der Waals surface area (Å²) in [5.74, 6) is 2.29. The Bertz CT molecular complexity index is 764. The van der Waals surface area contributed by atoms with Gasteiger partial charge in [-0.05, 0) is 37.5 Å². The molecule has 0 unspecified atom stereocenters. The van der Waals surface area contributed by atoms with Crippen LogP contribution in [0.5, 0.6) is 0 Å². The summed E-state index contributed by atoms with van der Waals surface area (Å²) in [6, 6.07) is 0. The number of nitrogens with two attached hydrogens (primary N) is 1. The van der Waals surface area contributed by atoms with Crippen LogP contribution in [0.2, 0.25) is 0 Å². The summed E-state index contributed by atoms with van der Waals surface area (Å²) < 4.78 is 1.96. The van der Waals surface area contributed by atoms with Crippen molar-refractivity contribution < 1.29 is 4.79 Å². The van der Waals surface area contributed by atoms with Crippen LogP contribution in [0.1, 0.15) is 43.6 Å². The van der Waals surface area contributed by atoms with Gasteiger partial charge in [0.2, 0.25) is 11.9 Å². The standard InChI is InChI=1S/C17H23N7O/c18-15(25)5-6-19-16-14(12-3-4-12)8-20-17(23-16)22-13-7-21-24(10-13)9-11-1-2-11/h7-8,10-12H,1-6,9H2,(H2,18,25)(H2,19,20,22,23). The third-order valence-corrected chi connectivity index (χ3v) is 4.53. The van der Waals surface area contributed by atoms with E-state index >= 15 is 0 Å². The van der Waals surface area contributed by atoms with Gasteiger partial charge in [0, 0.05) is 37.5 Å². The predicted molar refractivity (Wildman–Crippen MR) is 94.5 cm³/mol. The summed E-state index contributed by atoms with van der Waals surface area (Å²) in [5.41, 5.74) is 7.19. The Kier molecular flexibility index (Phi) is 4.25. The zero-order valence-corrected chi connectivity index (χ0v) is 14.1. The second kappa shape index (κ2) is 6.70. The average Bonchev–Trinajstić information content (AvgIpc) is 3.48. The topological polar surface area (TPSA) is 111 Å². The first-order chi connectivity index (χ1) is 12.2. The second-order valence-electron chi connectivity index (χ2n) is 6.93. The van der Waals surface area contributed by atoms with Crippen molar-refractivity contribution in [3.8, 4) is 0 Å². The zero-order chi connectivity index (χ0) is 17.2. The highest BCUT2D eigenvalue weighted by molar-refractivity contribution is 5.74. The first-order valence-corrected chi connectivity index (χ1v) is 8.86. The maximum atomic E-state index is 10.9. The Morgan fingerprint density at radius 2 is 2.12 bits per heavy atom. The van der Waals surface area contributed by atoms with E-state index in [2.05, 4.69) is 25.7 Å². The molecule has 2 fully saturated rings. The Balaban J connectivity index is 1.45. The Labute approximate surface area is 146 Å². The summed E-state index contributed by atoms with van der Waals surface area (Å²) in [5, 5.41) is 10.8. The van der Waals surface area contributed by atoms with Gasteiger partial charge < -0.3 is 16.4 Å². The summed E-state index contributed by atoms with van der Waals surface area (Å²) in [6.45, 7) is 1.45. The fourth-order valence-corrected chi connectivity index (χ4v) is 2.81. The van der Waals surface area contributed by atoms with Gasteiger partial charge in [-0.2, -0.15) is 10.1 Å². The molecule has 0 aliphatic heterocycles. The number of anilines is 3. The van der Waals surface area contributed by atoms with Gasteiger partial charge >= 0.3 is 0 Å². The molecule has 2 aromatic rings. The number of primary amides is 1. The van der Waals surface area contributed by atoms with Crippen molar-refractivity contribution in [1.29, 1.82) is 0 Å². The van der Waals surface area contributed by atoms with Crippen LogP contribution in [0.25, 0.3) is 0 Å². The van der Waals surface area contributed by atoms with Gasteiger partial charge in [0.05, 0.1) is 11.9 Å². The quantitative estimate of drug-likeness (QED) is 0.643. The maximum absolute atomic E-state index is 10.9. The number of amides is 1. The number of carbonyl (C=O) groups is 1. The van der Waals surface area contributed by atoms with E-state index in [9.17, 15) is 4.79 Å². The van der Waals surface area contributed by atoms with E-state index in [-0.39, 0.29) is 12.3 Å². The lowest BCUT2D eigenvalue weighted by atomic mass is 10.2. The maximum Gasteiger partial charge on any atom is 0.229 e. The average molecular weight is 341 g/mol. The Hall–Kier alpha value is -2.64. The van der Waals surface area contributed by atoms with Crippen LogP contribution in [0.3, 0.4) is 0 Å². The minimum atomic E-state index is -0.323. The van der Waals surface area contributed by atoms with Gasteiger partial charge in [-0.25, -0.2) is 4.98 Å². The lowest BCUT2D eigenvalue weighted by Crippen LogP contribution is -2.17. The number of hydrogen-bond acceptors (Lipinski definition) is 6.